The van der Waals surface area contributed by atoms with E-state index in [4.69, 9.17) is 16.3 Å². The van der Waals surface area contributed by atoms with E-state index in [-0.39, 0.29) is 10.6 Å². The number of rotatable bonds is 9. The van der Waals surface area contributed by atoms with Crippen molar-refractivity contribution in [3.05, 3.63) is 87.3 Å². The van der Waals surface area contributed by atoms with Crippen LogP contribution in [-0.2, 0) is 11.3 Å². The molecular formula is C26H30ClN5O3. The summed E-state index contributed by atoms with van der Waals surface area (Å²) < 4.78 is 5.93. The number of halogens is 1. The van der Waals surface area contributed by atoms with Crippen LogP contribution in [0.3, 0.4) is 0 Å². The molecule has 1 saturated heterocycles. The summed E-state index contributed by atoms with van der Waals surface area (Å²) in [6.07, 6.45) is 2.43. The first-order chi connectivity index (χ1) is 17.1. The van der Waals surface area contributed by atoms with Gasteiger partial charge in [-0.15, -0.1) is 0 Å². The van der Waals surface area contributed by atoms with Gasteiger partial charge in [-0.1, -0.05) is 54.1 Å². The van der Waals surface area contributed by atoms with Crippen LogP contribution < -0.4 is 10.9 Å². The van der Waals surface area contributed by atoms with Crippen LogP contribution in [0.1, 0.15) is 22.3 Å². The van der Waals surface area contributed by atoms with Crippen molar-refractivity contribution >= 4 is 23.3 Å². The normalized spacial score (nSPS) is 14.6. The van der Waals surface area contributed by atoms with Crippen LogP contribution in [0.2, 0.25) is 5.02 Å². The summed E-state index contributed by atoms with van der Waals surface area (Å²) in [5.41, 5.74) is 1.90. The van der Waals surface area contributed by atoms with E-state index in [1.54, 1.807) is 24.3 Å². The quantitative estimate of drug-likeness (QED) is 0.360. The van der Waals surface area contributed by atoms with Gasteiger partial charge in [-0.2, -0.15) is 9.78 Å². The lowest BCUT2D eigenvalue weighted by molar-refractivity contribution is 0.0600. The molecule has 0 spiro atoms. The Balaban J connectivity index is 1.27. The highest BCUT2D eigenvalue weighted by molar-refractivity contribution is 6.33. The van der Waals surface area contributed by atoms with E-state index < -0.39 is 11.5 Å². The Labute approximate surface area is 210 Å². The van der Waals surface area contributed by atoms with Gasteiger partial charge >= 0.3 is 5.97 Å². The summed E-state index contributed by atoms with van der Waals surface area (Å²) >= 11 is 6.36. The molecule has 0 bridgehead atoms. The number of piperazine rings is 1. The molecule has 0 unspecified atom stereocenters. The molecule has 1 N–H and O–H groups in total. The number of aromatic nitrogens is 2. The molecule has 35 heavy (non-hydrogen) atoms. The maximum atomic E-state index is 12.9. The van der Waals surface area contributed by atoms with Crippen molar-refractivity contribution in [1.29, 1.82) is 0 Å². The van der Waals surface area contributed by atoms with Gasteiger partial charge in [0.05, 0.1) is 30.2 Å². The zero-order chi connectivity index (χ0) is 24.6. The molecule has 0 atom stereocenters. The molecule has 1 aliphatic heterocycles. The average molecular weight is 496 g/mol. The Bertz CT molecular complexity index is 1190. The van der Waals surface area contributed by atoms with E-state index in [0.717, 1.165) is 50.4 Å². The van der Waals surface area contributed by atoms with Crippen LogP contribution in [0.4, 0.5) is 5.69 Å². The lowest BCUT2D eigenvalue weighted by Gasteiger charge is -2.34. The first-order valence-corrected chi connectivity index (χ1v) is 12.1. The van der Waals surface area contributed by atoms with Gasteiger partial charge in [0.2, 0.25) is 0 Å². The topological polar surface area (TPSA) is 79.7 Å². The maximum absolute atomic E-state index is 12.9. The summed E-state index contributed by atoms with van der Waals surface area (Å²) in [5.74, 6) is -0.548. The fraction of sp³-hybridized carbons (Fsp3) is 0.346. The van der Waals surface area contributed by atoms with Crippen molar-refractivity contribution in [2.45, 2.75) is 13.0 Å². The average Bonchev–Trinajstić information content (AvgIpc) is 2.90. The molecule has 0 aliphatic carbocycles. The number of anilines is 1. The minimum Gasteiger partial charge on any atom is -0.465 e. The number of hydrogen-bond acceptors (Lipinski definition) is 7. The summed E-state index contributed by atoms with van der Waals surface area (Å²) in [6.45, 7) is 6.86. The first-order valence-electron chi connectivity index (χ1n) is 11.7. The fourth-order valence-electron chi connectivity index (χ4n) is 4.21. The van der Waals surface area contributed by atoms with Crippen molar-refractivity contribution in [2.75, 3.05) is 51.7 Å². The van der Waals surface area contributed by atoms with Gasteiger partial charge in [0.1, 0.15) is 5.02 Å². The van der Waals surface area contributed by atoms with Crippen molar-refractivity contribution in [1.82, 2.24) is 19.6 Å². The van der Waals surface area contributed by atoms with Gasteiger partial charge in [-0.25, -0.2) is 4.79 Å². The Hall–Kier alpha value is -3.20. The second kappa shape index (κ2) is 12.0. The van der Waals surface area contributed by atoms with Crippen molar-refractivity contribution in [3.63, 3.8) is 0 Å². The maximum Gasteiger partial charge on any atom is 0.340 e. The largest absolute Gasteiger partial charge is 0.465 e. The Morgan fingerprint density at radius 3 is 2.46 bits per heavy atom. The zero-order valence-electron chi connectivity index (χ0n) is 19.8. The van der Waals surface area contributed by atoms with Gasteiger partial charge in [0.15, 0.2) is 0 Å². The van der Waals surface area contributed by atoms with Gasteiger partial charge in [-0.3, -0.25) is 9.69 Å². The smallest absolute Gasteiger partial charge is 0.340 e. The molecule has 2 aromatic carbocycles. The van der Waals surface area contributed by atoms with Gasteiger partial charge in [-0.05, 0) is 30.7 Å². The number of para-hydroxylation sites is 1. The molecule has 1 aromatic heterocycles. The van der Waals surface area contributed by atoms with Crippen LogP contribution in [0, 0.1) is 0 Å². The number of ether oxygens (including phenoxy) is 1. The lowest BCUT2D eigenvalue weighted by Crippen LogP contribution is -2.46. The molecular weight excluding hydrogens is 466 g/mol. The number of benzene rings is 2. The van der Waals surface area contributed by atoms with E-state index >= 15 is 0 Å². The number of methoxy groups -OCH3 is 1. The van der Waals surface area contributed by atoms with E-state index in [1.807, 2.05) is 6.07 Å². The van der Waals surface area contributed by atoms with Gasteiger partial charge in [0, 0.05) is 39.3 Å². The van der Waals surface area contributed by atoms with Crippen LogP contribution in [-0.4, -0.2) is 71.9 Å². The molecule has 9 heteroatoms. The molecule has 1 fully saturated rings. The van der Waals surface area contributed by atoms with Crippen LogP contribution in [0.15, 0.2) is 65.6 Å². The van der Waals surface area contributed by atoms with Crippen molar-refractivity contribution in [3.8, 4) is 5.69 Å². The highest BCUT2D eigenvalue weighted by atomic mass is 35.5. The van der Waals surface area contributed by atoms with Crippen LogP contribution in [0.5, 0.6) is 0 Å². The fourth-order valence-corrected chi connectivity index (χ4v) is 4.40. The molecule has 0 radical (unpaired) electrons. The van der Waals surface area contributed by atoms with Crippen molar-refractivity contribution < 1.29 is 9.53 Å². The van der Waals surface area contributed by atoms with E-state index in [9.17, 15) is 9.59 Å². The third-order valence-electron chi connectivity index (χ3n) is 6.14. The number of carbonyl (C=O) groups is 1. The molecule has 3 aromatic rings. The SMILES string of the molecule is COC(=O)c1ccccc1-n1ncc(NCCCN2CCN(Cc3ccccc3)CC2)c(Cl)c1=O. The number of nitrogens with one attached hydrogen (secondary N) is 1. The lowest BCUT2D eigenvalue weighted by atomic mass is 10.2. The number of nitrogens with zero attached hydrogens (tertiary/aromatic N) is 4. The summed E-state index contributed by atoms with van der Waals surface area (Å²) in [6, 6.07) is 17.2. The number of carbonyl (C=O) groups excluding carboxylic acids is 1. The van der Waals surface area contributed by atoms with Gasteiger partial charge < -0.3 is 15.0 Å². The third kappa shape index (κ3) is 6.28. The minimum absolute atomic E-state index is 0.0363. The van der Waals surface area contributed by atoms with E-state index in [2.05, 4.69) is 44.5 Å². The second-order valence-corrected chi connectivity index (χ2v) is 8.86. The first kappa shape index (κ1) is 24.9. The zero-order valence-corrected chi connectivity index (χ0v) is 20.6. The predicted octanol–water partition coefficient (Wildman–Crippen LogP) is 3.29. The van der Waals surface area contributed by atoms with E-state index in [1.165, 1.54) is 18.9 Å². The van der Waals surface area contributed by atoms with E-state index in [0.29, 0.717) is 17.9 Å². The second-order valence-electron chi connectivity index (χ2n) is 8.48. The highest BCUT2D eigenvalue weighted by Gasteiger charge is 2.18. The van der Waals surface area contributed by atoms with Crippen LogP contribution >= 0.6 is 11.6 Å². The minimum atomic E-state index is -0.548. The number of esters is 1. The Kier molecular flexibility index (Phi) is 8.52. The summed E-state index contributed by atoms with van der Waals surface area (Å²) in [7, 11) is 1.29. The molecule has 2 heterocycles. The molecule has 8 nitrogen and oxygen atoms in total. The Morgan fingerprint density at radius 1 is 1.03 bits per heavy atom. The number of hydrogen-bond donors (Lipinski definition) is 1. The summed E-state index contributed by atoms with van der Waals surface area (Å²) in [5, 5.41) is 7.49. The summed E-state index contributed by atoms with van der Waals surface area (Å²) in [4.78, 5) is 29.9. The van der Waals surface area contributed by atoms with Gasteiger partial charge in [0.25, 0.3) is 5.56 Å². The molecule has 0 saturated carbocycles. The molecule has 184 valence electrons. The van der Waals surface area contributed by atoms with Crippen molar-refractivity contribution in [2.24, 2.45) is 0 Å². The third-order valence-corrected chi connectivity index (χ3v) is 6.50. The monoisotopic (exact) mass is 495 g/mol. The molecule has 1 aliphatic rings. The van der Waals surface area contributed by atoms with Crippen LogP contribution in [0.25, 0.3) is 5.69 Å². The highest BCUT2D eigenvalue weighted by Crippen LogP contribution is 2.19. The Morgan fingerprint density at radius 2 is 1.71 bits per heavy atom. The molecule has 4 rings (SSSR count). The standard InChI is InChI=1S/C26H30ClN5O3/c1-35-26(34)21-10-5-6-11-23(21)32-25(33)24(27)22(18-29-32)28-12-7-13-30-14-16-31(17-15-30)19-20-8-3-2-4-9-20/h2-6,8-11,18,28H,7,12-17,19H2,1H3. The molecule has 0 amide bonds. The predicted molar refractivity (Wildman–Crippen MR) is 137 cm³/mol.